The zero-order valence-corrected chi connectivity index (χ0v) is 13.7. The molecule has 0 aromatic carbocycles. The number of carbonyl (C=O) groups is 1. The van der Waals surface area contributed by atoms with Crippen molar-refractivity contribution in [2.45, 2.75) is 83.0 Å². The second kappa shape index (κ2) is 6.97. The Hall–Kier alpha value is -0.810. The maximum absolute atomic E-state index is 11.8. The lowest BCUT2D eigenvalue weighted by molar-refractivity contribution is 0.0470. The van der Waals surface area contributed by atoms with Gasteiger partial charge in [0.2, 0.25) is 0 Å². The number of hydrogen-bond donors (Lipinski definition) is 2. The fraction of sp³-hybridized carbons (Fsp3) is 0.938. The maximum atomic E-state index is 11.8. The Balaban J connectivity index is 1.69. The van der Waals surface area contributed by atoms with E-state index >= 15 is 0 Å². The molecular weight excluding hydrogens is 266 g/mol. The maximum Gasteiger partial charge on any atom is 0.407 e. The first kappa shape index (κ1) is 16.6. The van der Waals surface area contributed by atoms with Gasteiger partial charge in [-0.1, -0.05) is 0 Å². The summed E-state index contributed by atoms with van der Waals surface area (Å²) < 4.78 is 5.32. The molecule has 0 atom stereocenters. The largest absolute Gasteiger partial charge is 0.444 e. The third-order valence-corrected chi connectivity index (χ3v) is 4.51. The molecule has 2 fully saturated rings. The number of ether oxygens (including phenoxy) is 1. The van der Waals surface area contributed by atoms with Gasteiger partial charge in [-0.15, -0.1) is 0 Å². The Morgan fingerprint density at radius 3 is 2.19 bits per heavy atom. The van der Waals surface area contributed by atoms with E-state index in [1.54, 1.807) is 0 Å². The van der Waals surface area contributed by atoms with E-state index in [9.17, 15) is 4.79 Å². The summed E-state index contributed by atoms with van der Waals surface area (Å²) in [5.74, 6) is 0. The standard InChI is InChI=1S/C16H31N3O2/c1-16(2,3)21-15(20)18-13-4-6-14(7-5-13)19-10-8-12(17)9-11-19/h12-14H,4-11,17H2,1-3H3,(H,18,20). The molecule has 0 aromatic heterocycles. The second-order valence-electron chi connectivity index (χ2n) is 7.53. The van der Waals surface area contributed by atoms with Crippen molar-refractivity contribution in [1.29, 1.82) is 0 Å². The quantitative estimate of drug-likeness (QED) is 0.820. The monoisotopic (exact) mass is 297 g/mol. The van der Waals surface area contributed by atoms with E-state index < -0.39 is 5.60 Å². The molecule has 0 unspecified atom stereocenters. The lowest BCUT2D eigenvalue weighted by Crippen LogP contribution is -2.48. The summed E-state index contributed by atoms with van der Waals surface area (Å²) >= 11 is 0. The van der Waals surface area contributed by atoms with Crippen molar-refractivity contribution < 1.29 is 9.53 Å². The number of nitrogens with zero attached hydrogens (tertiary/aromatic N) is 1. The molecule has 1 saturated heterocycles. The number of amides is 1. The van der Waals surface area contributed by atoms with Crippen molar-refractivity contribution in [3.63, 3.8) is 0 Å². The van der Waals surface area contributed by atoms with Crippen LogP contribution in [0, 0.1) is 0 Å². The second-order valence-corrected chi connectivity index (χ2v) is 7.53. The normalized spacial score (nSPS) is 29.1. The minimum atomic E-state index is -0.423. The fourth-order valence-electron chi connectivity index (χ4n) is 3.34. The van der Waals surface area contributed by atoms with Crippen LogP contribution in [0.5, 0.6) is 0 Å². The van der Waals surface area contributed by atoms with Gasteiger partial charge in [0, 0.05) is 18.1 Å². The summed E-state index contributed by atoms with van der Waals surface area (Å²) in [4.78, 5) is 14.4. The summed E-state index contributed by atoms with van der Waals surface area (Å²) in [6.45, 7) is 7.95. The highest BCUT2D eigenvalue weighted by molar-refractivity contribution is 5.68. The molecule has 0 aromatic rings. The van der Waals surface area contributed by atoms with Crippen LogP contribution in [0.4, 0.5) is 4.79 Å². The Kier molecular flexibility index (Phi) is 5.49. The molecule has 1 saturated carbocycles. The third kappa shape index (κ3) is 5.47. The average Bonchev–Trinajstić information content (AvgIpc) is 2.38. The number of rotatable bonds is 2. The molecule has 1 heterocycles. The summed E-state index contributed by atoms with van der Waals surface area (Å²) in [5.41, 5.74) is 5.54. The summed E-state index contributed by atoms with van der Waals surface area (Å²) in [6, 6.07) is 1.34. The minimum Gasteiger partial charge on any atom is -0.444 e. The van der Waals surface area contributed by atoms with Gasteiger partial charge in [-0.3, -0.25) is 0 Å². The molecule has 0 bridgehead atoms. The Labute approximate surface area is 128 Å². The Morgan fingerprint density at radius 1 is 1.10 bits per heavy atom. The zero-order valence-electron chi connectivity index (χ0n) is 13.7. The molecule has 1 aliphatic heterocycles. The lowest BCUT2D eigenvalue weighted by Gasteiger charge is -2.40. The van der Waals surface area contributed by atoms with Crippen LogP contribution in [0.25, 0.3) is 0 Å². The van der Waals surface area contributed by atoms with Gasteiger partial charge in [0.25, 0.3) is 0 Å². The van der Waals surface area contributed by atoms with Gasteiger partial charge in [0.15, 0.2) is 0 Å². The topological polar surface area (TPSA) is 67.6 Å². The van der Waals surface area contributed by atoms with Crippen LogP contribution < -0.4 is 11.1 Å². The van der Waals surface area contributed by atoms with Gasteiger partial charge >= 0.3 is 6.09 Å². The summed E-state index contributed by atoms with van der Waals surface area (Å²) in [7, 11) is 0. The first-order valence-corrected chi connectivity index (χ1v) is 8.32. The van der Waals surface area contributed by atoms with E-state index in [1.165, 1.54) is 0 Å². The van der Waals surface area contributed by atoms with Crippen LogP contribution in [0.3, 0.4) is 0 Å². The van der Waals surface area contributed by atoms with Gasteiger partial charge in [0.05, 0.1) is 0 Å². The van der Waals surface area contributed by atoms with E-state index in [1.807, 2.05) is 20.8 Å². The molecule has 0 radical (unpaired) electrons. The van der Waals surface area contributed by atoms with E-state index in [2.05, 4.69) is 10.2 Å². The van der Waals surface area contributed by atoms with E-state index in [-0.39, 0.29) is 12.1 Å². The molecule has 1 aliphatic carbocycles. The number of alkyl carbamates (subject to hydrolysis) is 1. The SMILES string of the molecule is CC(C)(C)OC(=O)NC1CCC(N2CCC(N)CC2)CC1. The van der Waals surface area contributed by atoms with Gasteiger partial charge in [0.1, 0.15) is 5.60 Å². The van der Waals surface area contributed by atoms with Gasteiger partial charge in [-0.25, -0.2) is 4.79 Å². The molecule has 122 valence electrons. The molecule has 5 heteroatoms. The van der Waals surface area contributed by atoms with Crippen molar-refractivity contribution >= 4 is 6.09 Å². The summed E-state index contributed by atoms with van der Waals surface area (Å²) in [6.07, 6.45) is 6.38. The highest BCUT2D eigenvalue weighted by Crippen LogP contribution is 2.25. The lowest BCUT2D eigenvalue weighted by atomic mass is 9.89. The van der Waals surface area contributed by atoms with Crippen LogP contribution >= 0.6 is 0 Å². The van der Waals surface area contributed by atoms with Gasteiger partial charge < -0.3 is 20.7 Å². The molecule has 1 amide bonds. The molecule has 3 N–H and O–H groups in total. The smallest absolute Gasteiger partial charge is 0.407 e. The molecular formula is C16H31N3O2. The molecule has 0 spiro atoms. The average molecular weight is 297 g/mol. The van der Waals surface area contributed by atoms with Crippen LogP contribution in [0.1, 0.15) is 59.3 Å². The number of likely N-dealkylation sites (tertiary alicyclic amines) is 1. The van der Waals surface area contributed by atoms with Crippen molar-refractivity contribution in [2.75, 3.05) is 13.1 Å². The van der Waals surface area contributed by atoms with Crippen LogP contribution in [-0.4, -0.2) is 47.8 Å². The predicted molar refractivity (Wildman–Crippen MR) is 84.2 cm³/mol. The minimum absolute atomic E-state index is 0.267. The molecule has 5 nitrogen and oxygen atoms in total. The first-order chi connectivity index (χ1) is 9.83. The van der Waals surface area contributed by atoms with Crippen LogP contribution in [-0.2, 0) is 4.74 Å². The number of nitrogens with two attached hydrogens (primary N) is 1. The van der Waals surface area contributed by atoms with Crippen molar-refractivity contribution in [2.24, 2.45) is 5.73 Å². The third-order valence-electron chi connectivity index (χ3n) is 4.51. The Morgan fingerprint density at radius 2 is 1.67 bits per heavy atom. The van der Waals surface area contributed by atoms with Crippen molar-refractivity contribution in [1.82, 2.24) is 10.2 Å². The van der Waals surface area contributed by atoms with E-state index in [0.717, 1.165) is 51.6 Å². The van der Waals surface area contributed by atoms with Gasteiger partial charge in [-0.05, 0) is 72.4 Å². The van der Waals surface area contributed by atoms with Crippen LogP contribution in [0.2, 0.25) is 0 Å². The van der Waals surface area contributed by atoms with Crippen molar-refractivity contribution in [3.8, 4) is 0 Å². The summed E-state index contributed by atoms with van der Waals surface area (Å²) in [5, 5.41) is 3.01. The first-order valence-electron chi connectivity index (χ1n) is 8.32. The number of nitrogens with one attached hydrogen (secondary N) is 1. The highest BCUT2D eigenvalue weighted by atomic mass is 16.6. The van der Waals surface area contributed by atoms with Crippen molar-refractivity contribution in [3.05, 3.63) is 0 Å². The zero-order chi connectivity index (χ0) is 15.5. The van der Waals surface area contributed by atoms with Gasteiger partial charge in [-0.2, -0.15) is 0 Å². The number of hydrogen-bond acceptors (Lipinski definition) is 4. The van der Waals surface area contributed by atoms with E-state index in [0.29, 0.717) is 12.1 Å². The predicted octanol–water partition coefficient (Wildman–Crippen LogP) is 2.25. The van der Waals surface area contributed by atoms with Crippen LogP contribution in [0.15, 0.2) is 0 Å². The molecule has 2 rings (SSSR count). The fourth-order valence-corrected chi connectivity index (χ4v) is 3.34. The number of piperidine rings is 1. The number of carbonyl (C=O) groups excluding carboxylic acids is 1. The molecule has 21 heavy (non-hydrogen) atoms. The van der Waals surface area contributed by atoms with E-state index in [4.69, 9.17) is 10.5 Å². The molecule has 2 aliphatic rings. The highest BCUT2D eigenvalue weighted by Gasteiger charge is 2.29. The Bertz CT molecular complexity index is 338.